The molecule has 1 aromatic carbocycles. The van der Waals surface area contributed by atoms with Crippen molar-refractivity contribution in [2.75, 3.05) is 7.11 Å². The van der Waals surface area contributed by atoms with E-state index < -0.39 is 0 Å². The number of rotatable bonds is 4. The van der Waals surface area contributed by atoms with Crippen LogP contribution >= 0.6 is 11.6 Å². The van der Waals surface area contributed by atoms with Gasteiger partial charge in [0.15, 0.2) is 0 Å². The fraction of sp³-hybridized carbons (Fsp3) is 0.500. The molecule has 0 amide bonds. The van der Waals surface area contributed by atoms with Gasteiger partial charge in [0.2, 0.25) is 0 Å². The highest BCUT2D eigenvalue weighted by Crippen LogP contribution is 2.32. The summed E-state index contributed by atoms with van der Waals surface area (Å²) in [5.41, 5.74) is 7.09. The lowest BCUT2D eigenvalue weighted by atomic mass is 9.86. The maximum absolute atomic E-state index is 6.29. The quantitative estimate of drug-likeness (QED) is 0.857. The van der Waals surface area contributed by atoms with Crippen LogP contribution in [0.4, 0.5) is 0 Å². The highest BCUT2D eigenvalue weighted by Gasteiger charge is 2.23. The highest BCUT2D eigenvalue weighted by atomic mass is 35.5. The maximum Gasteiger partial charge on any atom is 0.137 e. The Hall–Kier alpha value is -0.730. The van der Waals surface area contributed by atoms with Gasteiger partial charge in [-0.15, -0.1) is 0 Å². The summed E-state index contributed by atoms with van der Waals surface area (Å²) in [7, 11) is 1.61. The van der Waals surface area contributed by atoms with Gasteiger partial charge in [-0.1, -0.05) is 31.5 Å². The monoisotopic (exact) mass is 227 g/mol. The van der Waals surface area contributed by atoms with E-state index in [-0.39, 0.29) is 5.54 Å². The molecule has 0 heterocycles. The van der Waals surface area contributed by atoms with E-state index in [2.05, 4.69) is 13.8 Å². The molecular formula is C12H18ClNO. The van der Waals surface area contributed by atoms with Gasteiger partial charge < -0.3 is 10.5 Å². The number of nitrogens with two attached hydrogens (primary N) is 1. The number of hydrogen-bond donors (Lipinski definition) is 1. The molecule has 2 nitrogen and oxygen atoms in total. The second-order valence-corrected chi connectivity index (χ2v) is 4.12. The molecule has 0 aromatic heterocycles. The lowest BCUT2D eigenvalue weighted by Crippen LogP contribution is -2.35. The largest absolute Gasteiger partial charge is 0.495 e. The first-order valence-corrected chi connectivity index (χ1v) is 5.58. The Morgan fingerprint density at radius 2 is 1.93 bits per heavy atom. The predicted molar refractivity (Wildman–Crippen MR) is 64.5 cm³/mol. The molecule has 0 aliphatic heterocycles. The molecule has 0 aliphatic rings. The summed E-state index contributed by atoms with van der Waals surface area (Å²) in [4.78, 5) is 0. The van der Waals surface area contributed by atoms with E-state index in [1.807, 2.05) is 18.2 Å². The van der Waals surface area contributed by atoms with E-state index in [1.54, 1.807) is 7.11 Å². The normalized spacial score (nSPS) is 11.5. The van der Waals surface area contributed by atoms with Crippen molar-refractivity contribution in [1.29, 1.82) is 0 Å². The lowest BCUT2D eigenvalue weighted by molar-refractivity contribution is 0.396. The predicted octanol–water partition coefficient (Wildman–Crippen LogP) is 3.32. The average Bonchev–Trinajstić information content (AvgIpc) is 2.28. The summed E-state index contributed by atoms with van der Waals surface area (Å²) in [6.45, 7) is 4.18. The standard InChI is InChI=1S/C12H18ClNO/c1-4-12(14,5-2)9-6-7-10(13)11(8-9)15-3/h6-8H,4-5,14H2,1-3H3. The van der Waals surface area contributed by atoms with Crippen molar-refractivity contribution in [1.82, 2.24) is 0 Å². The highest BCUT2D eigenvalue weighted by molar-refractivity contribution is 6.32. The van der Waals surface area contributed by atoms with Crippen LogP contribution in [0.1, 0.15) is 32.3 Å². The van der Waals surface area contributed by atoms with E-state index in [9.17, 15) is 0 Å². The number of hydrogen-bond acceptors (Lipinski definition) is 2. The summed E-state index contributed by atoms with van der Waals surface area (Å²) >= 11 is 5.97. The van der Waals surface area contributed by atoms with Crippen LogP contribution in [-0.4, -0.2) is 7.11 Å². The summed E-state index contributed by atoms with van der Waals surface area (Å²) in [6, 6.07) is 5.73. The zero-order valence-corrected chi connectivity index (χ0v) is 10.3. The van der Waals surface area contributed by atoms with Crippen molar-refractivity contribution in [3.8, 4) is 5.75 Å². The fourth-order valence-corrected chi connectivity index (χ4v) is 1.82. The minimum atomic E-state index is -0.280. The Bertz CT molecular complexity index is 334. The topological polar surface area (TPSA) is 35.2 Å². The van der Waals surface area contributed by atoms with Crippen molar-refractivity contribution in [2.24, 2.45) is 5.73 Å². The first kappa shape index (κ1) is 12.3. The van der Waals surface area contributed by atoms with Gasteiger partial charge in [-0.05, 0) is 30.5 Å². The number of methoxy groups -OCH3 is 1. The molecule has 2 N–H and O–H groups in total. The van der Waals surface area contributed by atoms with Gasteiger partial charge in [-0.25, -0.2) is 0 Å². The Balaban J connectivity index is 3.15. The zero-order valence-electron chi connectivity index (χ0n) is 9.51. The molecule has 0 saturated heterocycles. The van der Waals surface area contributed by atoms with Crippen LogP contribution in [0.3, 0.4) is 0 Å². The Labute approximate surface area is 96.4 Å². The van der Waals surface area contributed by atoms with E-state index in [0.29, 0.717) is 10.8 Å². The maximum atomic E-state index is 6.29. The van der Waals surface area contributed by atoms with Gasteiger partial charge in [0.05, 0.1) is 12.1 Å². The van der Waals surface area contributed by atoms with Crippen LogP contribution in [0.25, 0.3) is 0 Å². The number of halogens is 1. The summed E-state index contributed by atoms with van der Waals surface area (Å²) in [6.07, 6.45) is 1.79. The van der Waals surface area contributed by atoms with Crippen LogP contribution in [-0.2, 0) is 5.54 Å². The Morgan fingerprint density at radius 3 is 2.40 bits per heavy atom. The SMILES string of the molecule is CCC(N)(CC)c1ccc(Cl)c(OC)c1. The molecule has 0 atom stereocenters. The molecule has 0 unspecified atom stereocenters. The molecule has 0 aliphatic carbocycles. The third-order valence-corrected chi connectivity index (χ3v) is 3.30. The smallest absolute Gasteiger partial charge is 0.137 e. The van der Waals surface area contributed by atoms with E-state index in [1.165, 1.54) is 0 Å². The molecule has 0 bridgehead atoms. The molecule has 0 spiro atoms. The van der Waals surface area contributed by atoms with Crippen molar-refractivity contribution in [3.05, 3.63) is 28.8 Å². The van der Waals surface area contributed by atoms with Crippen LogP contribution in [0, 0.1) is 0 Å². The van der Waals surface area contributed by atoms with Gasteiger partial charge in [0.25, 0.3) is 0 Å². The first-order valence-electron chi connectivity index (χ1n) is 5.20. The molecule has 1 aromatic rings. The molecule has 0 fully saturated rings. The number of ether oxygens (including phenoxy) is 1. The van der Waals surface area contributed by atoms with Crippen LogP contribution < -0.4 is 10.5 Å². The van der Waals surface area contributed by atoms with E-state index >= 15 is 0 Å². The van der Waals surface area contributed by atoms with E-state index in [0.717, 1.165) is 18.4 Å². The fourth-order valence-electron chi connectivity index (χ4n) is 1.63. The minimum Gasteiger partial charge on any atom is -0.495 e. The van der Waals surface area contributed by atoms with Crippen LogP contribution in [0.5, 0.6) is 5.75 Å². The second-order valence-electron chi connectivity index (χ2n) is 3.71. The van der Waals surface area contributed by atoms with Crippen molar-refractivity contribution >= 4 is 11.6 Å². The van der Waals surface area contributed by atoms with Crippen LogP contribution in [0.2, 0.25) is 5.02 Å². The minimum absolute atomic E-state index is 0.280. The molecule has 3 heteroatoms. The third-order valence-electron chi connectivity index (χ3n) is 2.99. The summed E-state index contributed by atoms with van der Waals surface area (Å²) in [5.74, 6) is 0.686. The Kier molecular flexibility index (Phi) is 4.00. The summed E-state index contributed by atoms with van der Waals surface area (Å²) < 4.78 is 5.18. The van der Waals surface area contributed by atoms with Gasteiger partial charge in [-0.2, -0.15) is 0 Å². The van der Waals surface area contributed by atoms with E-state index in [4.69, 9.17) is 22.1 Å². The van der Waals surface area contributed by atoms with Crippen molar-refractivity contribution < 1.29 is 4.74 Å². The molecule has 1 rings (SSSR count). The molecule has 0 saturated carbocycles. The molecule has 0 radical (unpaired) electrons. The molecular weight excluding hydrogens is 210 g/mol. The van der Waals surface area contributed by atoms with Gasteiger partial charge in [0.1, 0.15) is 5.75 Å². The van der Waals surface area contributed by atoms with Gasteiger partial charge >= 0.3 is 0 Å². The average molecular weight is 228 g/mol. The van der Waals surface area contributed by atoms with Gasteiger partial charge in [-0.3, -0.25) is 0 Å². The molecule has 15 heavy (non-hydrogen) atoms. The lowest BCUT2D eigenvalue weighted by Gasteiger charge is -2.27. The number of benzene rings is 1. The van der Waals surface area contributed by atoms with Crippen molar-refractivity contribution in [2.45, 2.75) is 32.2 Å². The molecule has 84 valence electrons. The van der Waals surface area contributed by atoms with Crippen LogP contribution in [0.15, 0.2) is 18.2 Å². The summed E-state index contributed by atoms with van der Waals surface area (Å²) in [5, 5.41) is 0.621. The van der Waals surface area contributed by atoms with Crippen molar-refractivity contribution in [3.63, 3.8) is 0 Å². The third kappa shape index (κ3) is 2.44. The van der Waals surface area contributed by atoms with Gasteiger partial charge in [0, 0.05) is 5.54 Å². The second kappa shape index (κ2) is 4.86. The zero-order chi connectivity index (χ0) is 11.5. The Morgan fingerprint density at radius 1 is 1.33 bits per heavy atom. The first-order chi connectivity index (χ1) is 7.07.